The summed E-state index contributed by atoms with van der Waals surface area (Å²) in [6.07, 6.45) is -7.32. The lowest BCUT2D eigenvalue weighted by Gasteiger charge is -2.46. The number of alkyl halides is 6. The summed E-state index contributed by atoms with van der Waals surface area (Å²) < 4.78 is 97.7. The van der Waals surface area contributed by atoms with Crippen LogP contribution in [0.4, 0.5) is 77.5 Å². The second kappa shape index (κ2) is 23.2. The van der Waals surface area contributed by atoms with E-state index >= 15 is 0 Å². The predicted octanol–water partition coefficient (Wildman–Crippen LogP) is 24.2. The molecule has 0 atom stereocenters. The minimum Gasteiger partial charge on any atom is -0.456 e. The molecule has 0 spiro atoms. The smallest absolute Gasteiger partial charge is 0.416 e. The van der Waals surface area contributed by atoms with Gasteiger partial charge in [0.05, 0.1) is 28.2 Å². The minimum atomic E-state index is -4.66. The van der Waals surface area contributed by atoms with Gasteiger partial charge >= 0.3 is 12.4 Å². The molecular formula is C85H66BF6N3OS2. The molecule has 2 aliphatic rings. The van der Waals surface area contributed by atoms with Crippen LogP contribution in [0.5, 0.6) is 0 Å². The maximum atomic E-state index is 14.8. The number of benzene rings is 12. The summed E-state index contributed by atoms with van der Waals surface area (Å²) in [5, 5.41) is 2.96. The summed E-state index contributed by atoms with van der Waals surface area (Å²) in [6, 6.07) is 89.3. The maximum Gasteiger partial charge on any atom is 0.416 e. The number of anilines is 9. The largest absolute Gasteiger partial charge is 0.456 e. The normalized spacial score (nSPS) is 13.5. The molecule has 0 bridgehead atoms. The Balaban J connectivity index is 1.06. The van der Waals surface area contributed by atoms with Gasteiger partial charge in [0.2, 0.25) is 0 Å². The number of rotatable bonds is 10. The van der Waals surface area contributed by atoms with Gasteiger partial charge in [0.1, 0.15) is 11.2 Å². The second-order valence-corrected chi connectivity index (χ2v) is 32.0. The summed E-state index contributed by atoms with van der Waals surface area (Å²) in [5.41, 5.74) is 15.6. The van der Waals surface area contributed by atoms with E-state index in [0.29, 0.717) is 20.3 Å². The number of hydrogen-bond donors (Lipinski definition) is 0. The van der Waals surface area contributed by atoms with Crippen LogP contribution in [0.2, 0.25) is 0 Å². The Labute approximate surface area is 572 Å². The van der Waals surface area contributed by atoms with Crippen molar-refractivity contribution in [1.82, 2.24) is 0 Å². The van der Waals surface area contributed by atoms with E-state index in [1.54, 1.807) is 11.3 Å². The van der Waals surface area contributed by atoms with Gasteiger partial charge in [0.15, 0.2) is 0 Å². The molecule has 0 unspecified atom stereocenters. The molecular weight excluding hydrogens is 1270 g/mol. The minimum absolute atomic E-state index is 0.124. The molecule has 0 saturated carbocycles. The Kier molecular flexibility index (Phi) is 14.8. The van der Waals surface area contributed by atoms with Crippen molar-refractivity contribution in [3.63, 3.8) is 0 Å². The zero-order chi connectivity index (χ0) is 67.8. The quantitative estimate of drug-likeness (QED) is 0.101. The van der Waals surface area contributed by atoms with Gasteiger partial charge in [-0.05, 0) is 187 Å². The molecule has 484 valence electrons. The standard InChI is InChI=1S/C85H66BF6N3OS2/c1-82(2,3)55-30-37-59(38-31-55)93(71-27-17-14-24-65(71)53-20-10-8-11-21-53)60-40-46-70-73(49-60)95(72-28-18-15-25-66(72)54-22-12-9-13-23-54)75-52-64(98(7,62-41-32-56(33-42-62)84(87,88)89)63-43-34-57(35-44-63)85(90,91)92)51-74-79(75)86(70)81-80(69-48-58(83(4,5)6)36-47-78(69)97-81)94(74)61-39-45-68-67-26-16-19-29-76(67)96-77(68)50-61/h8-52H,1-7H3. The third kappa shape index (κ3) is 10.6. The molecule has 14 aromatic rings. The van der Waals surface area contributed by atoms with Crippen LogP contribution in [-0.2, 0) is 23.2 Å². The number of nitrogens with zero attached hydrogens (tertiary/aromatic N) is 3. The van der Waals surface area contributed by atoms with Crippen LogP contribution in [0.3, 0.4) is 0 Å². The zero-order valence-electron chi connectivity index (χ0n) is 54.9. The fraction of sp³-hybridized carbons (Fsp3) is 0.129. The SMILES string of the molecule is CC(C)(C)c1ccc(N(c2ccc3c(c2)N(c2ccccc2-c2ccccc2)c2cc(S(C)(c4ccc(C(F)(F)F)cc4)c4ccc(C(F)(F)F)cc4)cc4c2B3c2sc3ccc(C(C)(C)C)cc3c2N4c2ccc3c(c2)oc2ccccc23)c2ccccc2-c2ccccc2)cc1. The highest BCUT2D eigenvalue weighted by Crippen LogP contribution is 2.68. The van der Waals surface area contributed by atoms with Crippen molar-refractivity contribution in [2.45, 2.75) is 79.4 Å². The summed E-state index contributed by atoms with van der Waals surface area (Å²) in [6.45, 7) is 12.9. The molecule has 2 aliphatic heterocycles. The number of halogens is 6. The van der Waals surface area contributed by atoms with Gasteiger partial charge in [-0.2, -0.15) is 36.4 Å². The van der Waals surface area contributed by atoms with Crippen LogP contribution in [0, 0.1) is 0 Å². The zero-order valence-corrected chi connectivity index (χ0v) is 56.5. The summed E-state index contributed by atoms with van der Waals surface area (Å²) in [7, 11) is -2.85. The molecule has 0 fully saturated rings. The Morgan fingerprint density at radius 2 is 0.939 bits per heavy atom. The monoisotopic (exact) mass is 1330 g/mol. The van der Waals surface area contributed by atoms with Crippen LogP contribution in [0.15, 0.2) is 292 Å². The first-order valence-corrected chi connectivity index (χ1v) is 35.6. The number of furan rings is 1. The van der Waals surface area contributed by atoms with Crippen molar-refractivity contribution in [2.75, 3.05) is 21.0 Å². The highest BCUT2D eigenvalue weighted by atomic mass is 32.3. The molecule has 0 amide bonds. The van der Waals surface area contributed by atoms with Crippen molar-refractivity contribution >= 4 is 127 Å². The van der Waals surface area contributed by atoms with Crippen molar-refractivity contribution in [3.05, 3.63) is 295 Å². The number of thiophene rings is 1. The molecule has 13 heteroatoms. The van der Waals surface area contributed by atoms with Gasteiger partial charge in [-0.15, -0.1) is 11.3 Å². The lowest BCUT2D eigenvalue weighted by Crippen LogP contribution is -2.60. The van der Waals surface area contributed by atoms with E-state index in [2.05, 4.69) is 232 Å². The molecule has 0 aliphatic carbocycles. The van der Waals surface area contributed by atoms with Gasteiger partial charge in [-0.3, -0.25) is 0 Å². The van der Waals surface area contributed by atoms with E-state index in [9.17, 15) is 26.3 Å². The van der Waals surface area contributed by atoms with Crippen molar-refractivity contribution in [3.8, 4) is 22.3 Å². The molecule has 0 saturated heterocycles. The first-order valence-electron chi connectivity index (χ1n) is 32.7. The Morgan fingerprint density at radius 1 is 0.408 bits per heavy atom. The fourth-order valence-corrected chi connectivity index (χ4v) is 18.7. The van der Waals surface area contributed by atoms with Crippen molar-refractivity contribution < 1.29 is 30.8 Å². The van der Waals surface area contributed by atoms with Gasteiger partial charge < -0.3 is 19.1 Å². The fourth-order valence-electron chi connectivity index (χ4n) is 14.5. The van der Waals surface area contributed by atoms with E-state index in [-0.39, 0.29) is 10.8 Å². The second-order valence-electron chi connectivity index (χ2n) is 27.6. The molecule has 4 nitrogen and oxygen atoms in total. The van der Waals surface area contributed by atoms with Crippen LogP contribution in [0.25, 0.3) is 54.3 Å². The highest BCUT2D eigenvalue weighted by molar-refractivity contribution is 8.33. The lowest BCUT2D eigenvalue weighted by molar-refractivity contribution is -0.138. The van der Waals surface area contributed by atoms with E-state index in [0.717, 1.165) is 145 Å². The van der Waals surface area contributed by atoms with Gasteiger partial charge in [-0.1, -0.05) is 181 Å². The summed E-state index contributed by atoms with van der Waals surface area (Å²) in [4.78, 5) is 8.83. The Hall–Kier alpha value is -10.2. The lowest BCUT2D eigenvalue weighted by atomic mass is 9.36. The molecule has 98 heavy (non-hydrogen) atoms. The third-order valence-corrected chi connectivity index (χ3v) is 24.4. The van der Waals surface area contributed by atoms with Crippen LogP contribution in [-0.4, -0.2) is 13.0 Å². The highest BCUT2D eigenvalue weighted by Gasteiger charge is 2.48. The number of para-hydroxylation sites is 3. The van der Waals surface area contributed by atoms with Gasteiger partial charge in [0.25, 0.3) is 6.71 Å². The van der Waals surface area contributed by atoms with Crippen molar-refractivity contribution in [2.24, 2.45) is 0 Å². The van der Waals surface area contributed by atoms with Crippen molar-refractivity contribution in [1.29, 1.82) is 0 Å². The first-order chi connectivity index (χ1) is 47.0. The van der Waals surface area contributed by atoms with E-state index in [4.69, 9.17) is 4.42 Å². The number of fused-ring (bicyclic) bond motifs is 9. The molecule has 4 heterocycles. The van der Waals surface area contributed by atoms with Crippen LogP contribution < -0.4 is 30.4 Å². The van der Waals surface area contributed by atoms with Gasteiger partial charge in [-0.25, -0.2) is 0 Å². The summed E-state index contributed by atoms with van der Waals surface area (Å²) in [5.74, 6) is 0. The topological polar surface area (TPSA) is 22.9 Å². The Bertz CT molecular complexity index is 5360. The van der Waals surface area contributed by atoms with E-state index in [1.807, 2.05) is 54.8 Å². The van der Waals surface area contributed by atoms with Gasteiger partial charge in [0, 0.05) is 81.8 Å². The maximum absolute atomic E-state index is 14.8. The predicted molar refractivity (Wildman–Crippen MR) is 397 cm³/mol. The number of hydrogen-bond acceptors (Lipinski definition) is 5. The molecule has 12 aromatic carbocycles. The first kappa shape index (κ1) is 62.6. The average molecular weight is 1330 g/mol. The molecule has 2 aromatic heterocycles. The summed E-state index contributed by atoms with van der Waals surface area (Å²) >= 11 is 1.77. The van der Waals surface area contributed by atoms with E-state index in [1.165, 1.54) is 29.8 Å². The molecule has 0 radical (unpaired) electrons. The van der Waals surface area contributed by atoms with Crippen LogP contribution >= 0.6 is 21.4 Å². The molecule has 0 N–H and O–H groups in total. The Morgan fingerprint density at radius 3 is 1.57 bits per heavy atom. The van der Waals surface area contributed by atoms with E-state index < -0.39 is 40.2 Å². The molecule has 16 rings (SSSR count). The average Bonchev–Trinajstić information content (AvgIpc) is 1.21. The third-order valence-electron chi connectivity index (χ3n) is 19.6. The van der Waals surface area contributed by atoms with Crippen LogP contribution in [0.1, 0.15) is 63.8 Å².